The van der Waals surface area contributed by atoms with Crippen molar-refractivity contribution in [2.24, 2.45) is 0 Å². The highest BCUT2D eigenvalue weighted by Crippen LogP contribution is 2.43. The van der Waals surface area contributed by atoms with E-state index in [4.69, 9.17) is 28.4 Å². The fourth-order valence-corrected chi connectivity index (χ4v) is 5.29. The van der Waals surface area contributed by atoms with Gasteiger partial charge < -0.3 is 28.4 Å². The largest absolute Gasteiger partial charge is 0.456 e. The minimum atomic E-state index is -2.11. The molecule has 1 aliphatic rings. The molecule has 10 nitrogen and oxygen atoms in total. The van der Waals surface area contributed by atoms with E-state index < -0.39 is 60.2 Å². The van der Waals surface area contributed by atoms with E-state index in [1.807, 2.05) is 91.0 Å². The summed E-state index contributed by atoms with van der Waals surface area (Å²) in [6.45, 7) is 3.78. The summed E-state index contributed by atoms with van der Waals surface area (Å²) < 4.78 is 35.2. The zero-order chi connectivity index (χ0) is 31.0. The van der Waals surface area contributed by atoms with Crippen molar-refractivity contribution in [2.75, 3.05) is 13.2 Å². The number of carbonyl (C=O) groups excluding carboxylic acids is 4. The quantitative estimate of drug-likeness (QED) is 0.194. The van der Waals surface area contributed by atoms with Crippen LogP contribution in [0.25, 0.3) is 0 Å². The molecule has 1 aliphatic heterocycles. The third kappa shape index (κ3) is 7.10. The highest BCUT2D eigenvalue weighted by Gasteiger charge is 2.60. The molecule has 0 saturated carbocycles. The lowest BCUT2D eigenvalue weighted by Crippen LogP contribution is -2.67. The molecule has 1 saturated heterocycles. The van der Waals surface area contributed by atoms with Crippen LogP contribution in [0.5, 0.6) is 0 Å². The topological polar surface area (TPSA) is 124 Å². The van der Waals surface area contributed by atoms with Gasteiger partial charge in [0.15, 0.2) is 12.2 Å². The van der Waals surface area contributed by atoms with Crippen LogP contribution >= 0.6 is 0 Å². The molecule has 1 fully saturated rings. The molecule has 0 radical (unpaired) electrons. The molecular formula is C33H34O10. The molecule has 10 heteroatoms. The molecule has 226 valence electrons. The monoisotopic (exact) mass is 590 g/mol. The molecule has 4 atom stereocenters. The van der Waals surface area contributed by atoms with Crippen molar-refractivity contribution in [3.05, 3.63) is 108 Å². The van der Waals surface area contributed by atoms with Gasteiger partial charge in [0.2, 0.25) is 6.10 Å². The first-order chi connectivity index (χ1) is 20.6. The van der Waals surface area contributed by atoms with Crippen molar-refractivity contribution in [2.45, 2.75) is 57.4 Å². The summed E-state index contributed by atoms with van der Waals surface area (Å²) in [4.78, 5) is 49.1. The number of esters is 4. The average Bonchev–Trinajstić information content (AvgIpc) is 2.97. The van der Waals surface area contributed by atoms with Crippen molar-refractivity contribution in [1.29, 1.82) is 0 Å². The van der Waals surface area contributed by atoms with E-state index in [2.05, 4.69) is 0 Å². The van der Waals surface area contributed by atoms with Crippen LogP contribution in [-0.4, -0.2) is 61.2 Å². The maximum atomic E-state index is 12.6. The molecule has 0 spiro atoms. The number of benzene rings is 3. The molecule has 0 aliphatic carbocycles. The smallest absolute Gasteiger partial charge is 0.305 e. The van der Waals surface area contributed by atoms with Crippen molar-refractivity contribution < 1.29 is 47.6 Å². The minimum Gasteiger partial charge on any atom is -0.456 e. The van der Waals surface area contributed by atoms with Crippen LogP contribution in [0.1, 0.15) is 44.4 Å². The lowest BCUT2D eigenvalue weighted by Gasteiger charge is -2.48. The molecule has 1 heterocycles. The van der Waals surface area contributed by atoms with Crippen molar-refractivity contribution >= 4 is 23.9 Å². The van der Waals surface area contributed by atoms with Gasteiger partial charge in [-0.1, -0.05) is 91.0 Å². The summed E-state index contributed by atoms with van der Waals surface area (Å²) in [5.41, 5.74) is 0.976. The molecule has 0 unspecified atom stereocenters. The van der Waals surface area contributed by atoms with E-state index >= 15 is 0 Å². The van der Waals surface area contributed by atoms with Gasteiger partial charge in [0.05, 0.1) is 6.61 Å². The molecular weight excluding hydrogens is 556 g/mol. The number of hydrogen-bond acceptors (Lipinski definition) is 10. The first-order valence-electron chi connectivity index (χ1n) is 13.7. The Hall–Kier alpha value is -4.54. The zero-order valence-corrected chi connectivity index (χ0v) is 24.4. The van der Waals surface area contributed by atoms with Crippen LogP contribution in [0.4, 0.5) is 0 Å². The van der Waals surface area contributed by atoms with Crippen molar-refractivity contribution in [3.8, 4) is 0 Å². The van der Waals surface area contributed by atoms with Gasteiger partial charge in [-0.05, 0) is 16.7 Å². The summed E-state index contributed by atoms with van der Waals surface area (Å²) >= 11 is 0. The van der Waals surface area contributed by atoms with Crippen LogP contribution in [0.3, 0.4) is 0 Å². The summed E-state index contributed by atoms with van der Waals surface area (Å²) in [6.07, 6.45) is -4.13. The molecule has 0 amide bonds. The van der Waals surface area contributed by atoms with Gasteiger partial charge in [-0.25, -0.2) is 0 Å². The van der Waals surface area contributed by atoms with Crippen molar-refractivity contribution in [3.63, 3.8) is 0 Å². The minimum absolute atomic E-state index is 0.360. The van der Waals surface area contributed by atoms with E-state index in [1.165, 1.54) is 6.92 Å². The van der Waals surface area contributed by atoms with E-state index in [-0.39, 0.29) is 6.61 Å². The predicted octanol–water partition coefficient (Wildman–Crippen LogP) is 4.08. The SMILES string of the molecule is CC(=O)O[C@@H]1[C@@H](OC(C)=O)CO[C@@](COC(c2ccccc2)(c2ccccc2)c2ccccc2)(OC(C)=O)[C@@H]1OC(C)=O. The molecule has 3 aromatic carbocycles. The van der Waals surface area contributed by atoms with Crippen LogP contribution in [0.2, 0.25) is 0 Å². The molecule has 4 rings (SSSR count). The Kier molecular flexibility index (Phi) is 9.95. The summed E-state index contributed by atoms with van der Waals surface area (Å²) in [7, 11) is 0. The third-order valence-electron chi connectivity index (χ3n) is 6.85. The van der Waals surface area contributed by atoms with Gasteiger partial charge in [0.1, 0.15) is 12.2 Å². The molecule has 0 aromatic heterocycles. The zero-order valence-electron chi connectivity index (χ0n) is 24.4. The maximum Gasteiger partial charge on any atom is 0.305 e. The lowest BCUT2D eigenvalue weighted by atomic mass is 9.80. The summed E-state index contributed by atoms with van der Waals surface area (Å²) in [6, 6.07) is 28.3. The molecule has 3 aromatic rings. The lowest BCUT2D eigenvalue weighted by molar-refractivity contribution is -0.345. The van der Waals surface area contributed by atoms with Crippen LogP contribution in [0.15, 0.2) is 91.0 Å². The van der Waals surface area contributed by atoms with E-state index in [1.54, 1.807) is 0 Å². The van der Waals surface area contributed by atoms with Gasteiger partial charge in [0, 0.05) is 27.7 Å². The summed E-state index contributed by atoms with van der Waals surface area (Å²) in [5, 5.41) is 0. The van der Waals surface area contributed by atoms with Crippen LogP contribution in [0, 0.1) is 0 Å². The Labute approximate surface area is 249 Å². The maximum absolute atomic E-state index is 12.6. The fraction of sp³-hybridized carbons (Fsp3) is 0.333. The predicted molar refractivity (Wildman–Crippen MR) is 152 cm³/mol. The Morgan fingerprint density at radius 3 is 1.51 bits per heavy atom. The van der Waals surface area contributed by atoms with E-state index in [9.17, 15) is 19.2 Å². The van der Waals surface area contributed by atoms with Gasteiger partial charge >= 0.3 is 23.9 Å². The second-order valence-electron chi connectivity index (χ2n) is 10.0. The van der Waals surface area contributed by atoms with Gasteiger partial charge in [-0.2, -0.15) is 0 Å². The Bertz CT molecular complexity index is 1310. The number of carbonyl (C=O) groups is 4. The fourth-order valence-electron chi connectivity index (χ4n) is 5.29. The Morgan fingerprint density at radius 2 is 1.12 bits per heavy atom. The normalized spacial score (nSPS) is 21.7. The average molecular weight is 591 g/mol. The van der Waals surface area contributed by atoms with E-state index in [0.29, 0.717) is 0 Å². The second kappa shape index (κ2) is 13.6. The molecule has 0 bridgehead atoms. The van der Waals surface area contributed by atoms with Gasteiger partial charge in [0.25, 0.3) is 5.79 Å². The number of ether oxygens (including phenoxy) is 6. The number of rotatable bonds is 10. The standard InChI is InChI=1S/C33H34O10/c1-22(34)40-29-20-38-32(43-25(4)37,31(42-24(3)36)30(29)41-23(2)35)21-39-33(26-14-8-5-9-15-26,27-16-10-6-11-17-27)28-18-12-7-13-19-28/h5-19,29-31H,20-21H2,1-4H3/t29-,30+,31+,32-/m0/s1. The first kappa shape index (κ1) is 31.4. The molecule has 43 heavy (non-hydrogen) atoms. The highest BCUT2D eigenvalue weighted by molar-refractivity contribution is 5.69. The third-order valence-corrected chi connectivity index (χ3v) is 6.85. The van der Waals surface area contributed by atoms with Gasteiger partial charge in [-0.15, -0.1) is 0 Å². The number of hydrogen-bond donors (Lipinski definition) is 0. The first-order valence-corrected chi connectivity index (χ1v) is 13.7. The second-order valence-corrected chi connectivity index (χ2v) is 10.0. The van der Waals surface area contributed by atoms with Crippen LogP contribution in [-0.2, 0) is 53.2 Å². The molecule has 0 N–H and O–H groups in total. The van der Waals surface area contributed by atoms with E-state index in [0.717, 1.165) is 37.5 Å². The van der Waals surface area contributed by atoms with Crippen LogP contribution < -0.4 is 0 Å². The summed E-state index contributed by atoms with van der Waals surface area (Å²) in [5.74, 6) is -5.10. The van der Waals surface area contributed by atoms with Gasteiger partial charge in [-0.3, -0.25) is 19.2 Å². The Balaban J connectivity index is 1.90. The Morgan fingerprint density at radius 1 is 0.674 bits per heavy atom. The van der Waals surface area contributed by atoms with Crippen molar-refractivity contribution in [1.82, 2.24) is 0 Å². The highest BCUT2D eigenvalue weighted by atomic mass is 16.8.